The fourth-order valence-corrected chi connectivity index (χ4v) is 2.12. The number of phenolic OH excluding ortho intramolecular Hbond substituents is 2. The van der Waals surface area contributed by atoms with Crippen molar-refractivity contribution in [3.63, 3.8) is 0 Å². The summed E-state index contributed by atoms with van der Waals surface area (Å²) in [6, 6.07) is 7.54. The van der Waals surface area contributed by atoms with Gasteiger partial charge in [0.25, 0.3) is 5.91 Å². The number of carbonyl (C=O) groups excluding carboxylic acids is 2. The number of carbonyl (C=O) groups is 2. The van der Waals surface area contributed by atoms with E-state index in [9.17, 15) is 19.8 Å². The van der Waals surface area contributed by atoms with Crippen LogP contribution >= 0.6 is 15.9 Å². The standard InChI is InChI=1S/C15H15BrN2O5/c16-13-4-3-12(23-13)15(22)18-8-14(21)17-6-5-9-1-2-10(19)11(20)7-9/h1-4,7,19-20H,5-6,8H2,(H,17,21)(H,18,22). The summed E-state index contributed by atoms with van der Waals surface area (Å²) in [7, 11) is 0. The molecule has 0 aliphatic carbocycles. The third kappa shape index (κ3) is 5.03. The first-order valence-corrected chi connectivity index (χ1v) is 7.56. The van der Waals surface area contributed by atoms with Crippen LogP contribution in [0.4, 0.5) is 0 Å². The number of rotatable bonds is 6. The molecule has 122 valence electrons. The van der Waals surface area contributed by atoms with E-state index in [1.807, 2.05) is 0 Å². The van der Waals surface area contributed by atoms with Crippen molar-refractivity contribution in [3.8, 4) is 11.5 Å². The number of benzene rings is 1. The number of furan rings is 1. The van der Waals surface area contributed by atoms with Gasteiger partial charge in [0, 0.05) is 6.54 Å². The molecule has 2 aromatic rings. The predicted octanol–water partition coefficient (Wildman–Crippen LogP) is 1.54. The summed E-state index contributed by atoms with van der Waals surface area (Å²) < 4.78 is 5.50. The van der Waals surface area contributed by atoms with Gasteiger partial charge in [0.1, 0.15) is 0 Å². The quantitative estimate of drug-likeness (QED) is 0.566. The van der Waals surface area contributed by atoms with Gasteiger partial charge in [0.2, 0.25) is 5.91 Å². The number of hydrogen-bond acceptors (Lipinski definition) is 5. The largest absolute Gasteiger partial charge is 0.504 e. The molecule has 0 unspecified atom stereocenters. The van der Waals surface area contributed by atoms with Gasteiger partial charge in [-0.2, -0.15) is 0 Å². The fraction of sp³-hybridized carbons (Fsp3) is 0.200. The van der Waals surface area contributed by atoms with Crippen molar-refractivity contribution in [2.75, 3.05) is 13.1 Å². The van der Waals surface area contributed by atoms with Crippen molar-refractivity contribution in [3.05, 3.63) is 46.3 Å². The summed E-state index contributed by atoms with van der Waals surface area (Å²) >= 11 is 3.09. The zero-order valence-corrected chi connectivity index (χ0v) is 13.6. The van der Waals surface area contributed by atoms with E-state index < -0.39 is 5.91 Å². The summed E-state index contributed by atoms with van der Waals surface area (Å²) in [4.78, 5) is 23.3. The Labute approximate surface area is 140 Å². The van der Waals surface area contributed by atoms with E-state index in [1.165, 1.54) is 18.2 Å². The van der Waals surface area contributed by atoms with Crippen molar-refractivity contribution in [2.45, 2.75) is 6.42 Å². The zero-order valence-electron chi connectivity index (χ0n) is 12.0. The highest BCUT2D eigenvalue weighted by atomic mass is 79.9. The Kier molecular flexibility index (Phi) is 5.64. The van der Waals surface area contributed by atoms with Crippen molar-refractivity contribution in [2.24, 2.45) is 0 Å². The Morgan fingerprint density at radius 3 is 2.52 bits per heavy atom. The van der Waals surface area contributed by atoms with Gasteiger partial charge in [-0.25, -0.2) is 0 Å². The predicted molar refractivity (Wildman–Crippen MR) is 85.2 cm³/mol. The highest BCUT2D eigenvalue weighted by molar-refractivity contribution is 9.10. The molecule has 4 N–H and O–H groups in total. The molecule has 8 heteroatoms. The summed E-state index contributed by atoms with van der Waals surface area (Å²) in [5.74, 6) is -1.10. The molecule has 0 fully saturated rings. The molecule has 0 spiro atoms. The average molecular weight is 383 g/mol. The van der Waals surface area contributed by atoms with Gasteiger partial charge in [-0.05, 0) is 52.2 Å². The lowest BCUT2D eigenvalue weighted by Gasteiger charge is -2.07. The Bertz CT molecular complexity index is 714. The number of amides is 2. The van der Waals surface area contributed by atoms with E-state index in [1.54, 1.807) is 12.1 Å². The molecule has 0 radical (unpaired) electrons. The second-order valence-electron chi connectivity index (χ2n) is 4.71. The zero-order chi connectivity index (χ0) is 16.8. The number of halogens is 1. The molecule has 2 amide bonds. The Balaban J connectivity index is 1.70. The summed E-state index contributed by atoms with van der Waals surface area (Å²) in [6.45, 7) is 0.170. The minimum absolute atomic E-state index is 0.115. The van der Waals surface area contributed by atoms with E-state index in [0.29, 0.717) is 17.6 Å². The average Bonchev–Trinajstić information content (AvgIpc) is 2.95. The Morgan fingerprint density at radius 1 is 1.09 bits per heavy atom. The van der Waals surface area contributed by atoms with Crippen LogP contribution < -0.4 is 10.6 Å². The molecule has 0 aliphatic heterocycles. The molecule has 23 heavy (non-hydrogen) atoms. The normalized spacial score (nSPS) is 10.3. The second kappa shape index (κ2) is 7.68. The fourth-order valence-electron chi connectivity index (χ4n) is 1.82. The number of nitrogens with one attached hydrogen (secondary N) is 2. The molecule has 0 saturated carbocycles. The van der Waals surface area contributed by atoms with Gasteiger partial charge >= 0.3 is 0 Å². The van der Waals surface area contributed by atoms with Crippen molar-refractivity contribution in [1.29, 1.82) is 0 Å². The topological polar surface area (TPSA) is 112 Å². The monoisotopic (exact) mass is 382 g/mol. The van der Waals surface area contributed by atoms with Crippen LogP contribution in [0.2, 0.25) is 0 Å². The van der Waals surface area contributed by atoms with Crippen LogP contribution in [0, 0.1) is 0 Å². The smallest absolute Gasteiger partial charge is 0.287 e. The number of phenols is 2. The van der Waals surface area contributed by atoms with Gasteiger partial charge in [0.05, 0.1) is 6.54 Å². The van der Waals surface area contributed by atoms with E-state index in [4.69, 9.17) is 4.42 Å². The molecular weight excluding hydrogens is 368 g/mol. The molecule has 1 heterocycles. The number of hydrogen-bond donors (Lipinski definition) is 4. The van der Waals surface area contributed by atoms with Crippen molar-refractivity contribution < 1.29 is 24.2 Å². The van der Waals surface area contributed by atoms with Crippen molar-refractivity contribution >= 4 is 27.7 Å². The maximum Gasteiger partial charge on any atom is 0.287 e. The Morgan fingerprint density at radius 2 is 1.87 bits per heavy atom. The van der Waals surface area contributed by atoms with Gasteiger partial charge in [-0.1, -0.05) is 6.07 Å². The third-order valence-electron chi connectivity index (χ3n) is 2.98. The number of aromatic hydroxyl groups is 2. The first-order valence-electron chi connectivity index (χ1n) is 6.77. The Hall–Kier alpha value is -2.48. The molecule has 1 aromatic heterocycles. The molecule has 2 rings (SSSR count). The first-order chi connectivity index (χ1) is 11.0. The molecule has 0 saturated heterocycles. The lowest BCUT2D eigenvalue weighted by molar-refractivity contribution is -0.120. The van der Waals surface area contributed by atoms with Crippen LogP contribution in [-0.4, -0.2) is 35.1 Å². The SMILES string of the molecule is O=C(CNC(=O)c1ccc(Br)o1)NCCc1ccc(O)c(O)c1. The molecular formula is C15H15BrN2O5. The van der Waals surface area contributed by atoms with Gasteiger partial charge < -0.3 is 25.3 Å². The summed E-state index contributed by atoms with van der Waals surface area (Å²) in [5, 5.41) is 23.6. The molecule has 1 aromatic carbocycles. The lowest BCUT2D eigenvalue weighted by Crippen LogP contribution is -2.37. The summed E-state index contributed by atoms with van der Waals surface area (Å²) in [6.07, 6.45) is 0.485. The lowest BCUT2D eigenvalue weighted by atomic mass is 10.1. The molecule has 7 nitrogen and oxygen atoms in total. The second-order valence-corrected chi connectivity index (χ2v) is 5.49. The summed E-state index contributed by atoms with van der Waals surface area (Å²) in [5.41, 5.74) is 0.769. The van der Waals surface area contributed by atoms with Crippen LogP contribution in [0.25, 0.3) is 0 Å². The maximum atomic E-state index is 11.7. The third-order valence-corrected chi connectivity index (χ3v) is 3.41. The van der Waals surface area contributed by atoms with Crippen LogP contribution in [-0.2, 0) is 11.2 Å². The van der Waals surface area contributed by atoms with Gasteiger partial charge in [-0.3, -0.25) is 9.59 Å². The van der Waals surface area contributed by atoms with Crippen LogP contribution in [0.1, 0.15) is 16.1 Å². The van der Waals surface area contributed by atoms with E-state index in [0.717, 1.165) is 5.56 Å². The molecule has 0 atom stereocenters. The first kappa shape index (κ1) is 16.9. The van der Waals surface area contributed by atoms with Crippen molar-refractivity contribution in [1.82, 2.24) is 10.6 Å². The van der Waals surface area contributed by atoms with Crippen LogP contribution in [0.3, 0.4) is 0 Å². The highest BCUT2D eigenvalue weighted by Gasteiger charge is 2.11. The molecule has 0 aliphatic rings. The highest BCUT2D eigenvalue weighted by Crippen LogP contribution is 2.24. The minimum Gasteiger partial charge on any atom is -0.504 e. The van der Waals surface area contributed by atoms with Crippen LogP contribution in [0.15, 0.2) is 39.4 Å². The maximum absolute atomic E-state index is 11.7. The van der Waals surface area contributed by atoms with E-state index in [-0.39, 0.29) is 29.7 Å². The van der Waals surface area contributed by atoms with Gasteiger partial charge in [-0.15, -0.1) is 0 Å². The van der Waals surface area contributed by atoms with E-state index in [2.05, 4.69) is 26.6 Å². The van der Waals surface area contributed by atoms with Crippen LogP contribution in [0.5, 0.6) is 11.5 Å². The van der Waals surface area contributed by atoms with E-state index >= 15 is 0 Å². The minimum atomic E-state index is -0.477. The molecule has 0 bridgehead atoms. The van der Waals surface area contributed by atoms with Gasteiger partial charge in [0.15, 0.2) is 21.9 Å².